The van der Waals surface area contributed by atoms with Crippen LogP contribution in [-0.2, 0) is 12.8 Å². The Labute approximate surface area is 127 Å². The van der Waals surface area contributed by atoms with Crippen molar-refractivity contribution in [1.82, 2.24) is 0 Å². The SMILES string of the molecule is CCCCCCc1c(N)ccc2c1Cc1cc(N)ccc1-2. The molecule has 21 heavy (non-hydrogen) atoms. The van der Waals surface area contributed by atoms with Gasteiger partial charge in [-0.3, -0.25) is 0 Å². The van der Waals surface area contributed by atoms with E-state index in [1.54, 1.807) is 0 Å². The molecule has 4 N–H and O–H groups in total. The average Bonchev–Trinajstić information content (AvgIpc) is 2.82. The van der Waals surface area contributed by atoms with Crippen LogP contribution in [0.15, 0.2) is 30.3 Å². The zero-order chi connectivity index (χ0) is 14.8. The summed E-state index contributed by atoms with van der Waals surface area (Å²) in [5.41, 5.74) is 20.8. The van der Waals surface area contributed by atoms with E-state index in [2.05, 4.69) is 31.2 Å². The molecule has 0 bridgehead atoms. The lowest BCUT2D eigenvalue weighted by molar-refractivity contribution is 0.666. The van der Waals surface area contributed by atoms with Crippen molar-refractivity contribution in [3.05, 3.63) is 47.0 Å². The predicted molar refractivity (Wildman–Crippen MR) is 91.4 cm³/mol. The molecule has 2 nitrogen and oxygen atoms in total. The molecule has 110 valence electrons. The Bertz CT molecular complexity index is 659. The molecule has 0 amide bonds. The topological polar surface area (TPSA) is 52.0 Å². The predicted octanol–water partition coefficient (Wildman–Crippen LogP) is 4.55. The summed E-state index contributed by atoms with van der Waals surface area (Å²) in [5.74, 6) is 0. The molecule has 0 unspecified atom stereocenters. The van der Waals surface area contributed by atoms with Crippen molar-refractivity contribution >= 4 is 11.4 Å². The Kier molecular flexibility index (Phi) is 3.87. The highest BCUT2D eigenvalue weighted by atomic mass is 14.6. The van der Waals surface area contributed by atoms with Gasteiger partial charge in [-0.05, 0) is 65.3 Å². The molecule has 0 aliphatic heterocycles. The molecule has 0 spiro atoms. The van der Waals surface area contributed by atoms with Gasteiger partial charge in [0.15, 0.2) is 0 Å². The van der Waals surface area contributed by atoms with Gasteiger partial charge < -0.3 is 11.5 Å². The van der Waals surface area contributed by atoms with E-state index in [-0.39, 0.29) is 0 Å². The number of nitrogen functional groups attached to an aromatic ring is 2. The molecule has 2 aromatic carbocycles. The third kappa shape index (κ3) is 2.63. The minimum atomic E-state index is 0.846. The average molecular weight is 280 g/mol. The molecule has 0 saturated carbocycles. The summed E-state index contributed by atoms with van der Waals surface area (Å²) in [6, 6.07) is 10.5. The highest BCUT2D eigenvalue weighted by Gasteiger charge is 2.22. The maximum Gasteiger partial charge on any atom is 0.0349 e. The molecule has 0 radical (unpaired) electrons. The van der Waals surface area contributed by atoms with Crippen LogP contribution in [0.2, 0.25) is 0 Å². The summed E-state index contributed by atoms with van der Waals surface area (Å²) < 4.78 is 0. The monoisotopic (exact) mass is 280 g/mol. The van der Waals surface area contributed by atoms with Gasteiger partial charge >= 0.3 is 0 Å². The Morgan fingerprint density at radius 2 is 1.76 bits per heavy atom. The van der Waals surface area contributed by atoms with E-state index in [1.165, 1.54) is 53.5 Å². The van der Waals surface area contributed by atoms with E-state index in [9.17, 15) is 0 Å². The summed E-state index contributed by atoms with van der Waals surface area (Å²) in [4.78, 5) is 0. The first-order valence-electron chi connectivity index (χ1n) is 7.99. The van der Waals surface area contributed by atoms with Crippen molar-refractivity contribution in [1.29, 1.82) is 0 Å². The Hall–Kier alpha value is -1.96. The van der Waals surface area contributed by atoms with Crippen molar-refractivity contribution in [3.63, 3.8) is 0 Å². The van der Waals surface area contributed by atoms with Crippen LogP contribution in [0.1, 0.15) is 49.3 Å². The lowest BCUT2D eigenvalue weighted by atomic mass is 9.95. The number of anilines is 2. The van der Waals surface area contributed by atoms with Gasteiger partial charge in [0.05, 0.1) is 0 Å². The molecule has 0 aromatic heterocycles. The fourth-order valence-corrected chi connectivity index (χ4v) is 3.40. The Morgan fingerprint density at radius 1 is 0.952 bits per heavy atom. The standard InChI is InChI=1S/C19H24N2/c1-2-3-4-5-6-17-18-12-13-11-14(20)7-8-15(13)16(18)9-10-19(17)21/h7-11H,2-6,12,20-21H2,1H3. The van der Waals surface area contributed by atoms with Crippen LogP contribution in [0, 0.1) is 0 Å². The van der Waals surface area contributed by atoms with E-state index in [1.807, 2.05) is 6.07 Å². The molecule has 0 atom stereocenters. The summed E-state index contributed by atoms with van der Waals surface area (Å²) in [5, 5.41) is 0. The van der Waals surface area contributed by atoms with Crippen LogP contribution >= 0.6 is 0 Å². The Balaban J connectivity index is 1.91. The van der Waals surface area contributed by atoms with Crippen molar-refractivity contribution in [3.8, 4) is 11.1 Å². The normalized spacial score (nSPS) is 12.2. The maximum atomic E-state index is 6.25. The van der Waals surface area contributed by atoms with Crippen LogP contribution in [0.4, 0.5) is 11.4 Å². The van der Waals surface area contributed by atoms with Crippen LogP contribution in [0.5, 0.6) is 0 Å². The van der Waals surface area contributed by atoms with Crippen LogP contribution in [0.3, 0.4) is 0 Å². The van der Waals surface area contributed by atoms with Gasteiger partial charge in [-0.25, -0.2) is 0 Å². The molecule has 2 aromatic rings. The van der Waals surface area contributed by atoms with Gasteiger partial charge in [0.2, 0.25) is 0 Å². The van der Waals surface area contributed by atoms with Gasteiger partial charge in [-0.1, -0.05) is 38.3 Å². The van der Waals surface area contributed by atoms with E-state index < -0.39 is 0 Å². The quantitative estimate of drug-likeness (QED) is 0.532. The second-order valence-electron chi connectivity index (χ2n) is 6.06. The molecule has 2 heteroatoms. The van der Waals surface area contributed by atoms with Crippen molar-refractivity contribution in [2.45, 2.75) is 45.4 Å². The zero-order valence-corrected chi connectivity index (χ0v) is 12.8. The third-order valence-electron chi connectivity index (χ3n) is 4.53. The number of hydrogen-bond donors (Lipinski definition) is 2. The summed E-state index contributed by atoms with van der Waals surface area (Å²) in [6.07, 6.45) is 7.17. The molecular weight excluding hydrogens is 256 g/mol. The van der Waals surface area contributed by atoms with Crippen molar-refractivity contribution in [2.24, 2.45) is 0 Å². The second kappa shape index (κ2) is 5.80. The minimum Gasteiger partial charge on any atom is -0.399 e. The highest BCUT2D eigenvalue weighted by Crippen LogP contribution is 2.41. The number of benzene rings is 2. The number of rotatable bonds is 5. The number of hydrogen-bond acceptors (Lipinski definition) is 2. The zero-order valence-electron chi connectivity index (χ0n) is 12.8. The third-order valence-corrected chi connectivity index (χ3v) is 4.53. The lowest BCUT2D eigenvalue weighted by Gasteiger charge is -2.12. The van der Waals surface area contributed by atoms with Gasteiger partial charge in [-0.2, -0.15) is 0 Å². The largest absolute Gasteiger partial charge is 0.399 e. The maximum absolute atomic E-state index is 6.25. The second-order valence-corrected chi connectivity index (χ2v) is 6.06. The molecule has 0 fully saturated rings. The fourth-order valence-electron chi connectivity index (χ4n) is 3.40. The van der Waals surface area contributed by atoms with Crippen LogP contribution in [0.25, 0.3) is 11.1 Å². The van der Waals surface area contributed by atoms with Gasteiger partial charge in [0.1, 0.15) is 0 Å². The van der Waals surface area contributed by atoms with Gasteiger partial charge in [-0.15, -0.1) is 0 Å². The number of nitrogens with two attached hydrogens (primary N) is 2. The first-order valence-corrected chi connectivity index (χ1v) is 7.99. The first-order chi connectivity index (χ1) is 10.2. The van der Waals surface area contributed by atoms with Gasteiger partial charge in [0.25, 0.3) is 0 Å². The molecule has 0 heterocycles. The van der Waals surface area contributed by atoms with Gasteiger partial charge in [0, 0.05) is 11.4 Å². The molecular formula is C19H24N2. The summed E-state index contributed by atoms with van der Waals surface area (Å²) in [7, 11) is 0. The fraction of sp³-hybridized carbons (Fsp3) is 0.368. The van der Waals surface area contributed by atoms with E-state index in [0.29, 0.717) is 0 Å². The van der Waals surface area contributed by atoms with Crippen molar-refractivity contribution < 1.29 is 0 Å². The lowest BCUT2D eigenvalue weighted by Crippen LogP contribution is -2.00. The van der Waals surface area contributed by atoms with E-state index in [0.717, 1.165) is 24.2 Å². The van der Waals surface area contributed by atoms with E-state index >= 15 is 0 Å². The highest BCUT2D eigenvalue weighted by molar-refractivity contribution is 5.81. The number of unbranched alkanes of at least 4 members (excludes halogenated alkanes) is 3. The van der Waals surface area contributed by atoms with Crippen molar-refractivity contribution in [2.75, 3.05) is 11.5 Å². The molecule has 3 rings (SSSR count). The molecule has 1 aliphatic rings. The smallest absolute Gasteiger partial charge is 0.0349 e. The summed E-state index contributed by atoms with van der Waals surface area (Å²) in [6.45, 7) is 2.25. The number of fused-ring (bicyclic) bond motifs is 3. The first kappa shape index (κ1) is 14.0. The Morgan fingerprint density at radius 3 is 2.57 bits per heavy atom. The van der Waals surface area contributed by atoms with Crippen LogP contribution in [-0.4, -0.2) is 0 Å². The van der Waals surface area contributed by atoms with Crippen LogP contribution < -0.4 is 11.5 Å². The minimum absolute atomic E-state index is 0.846. The molecule has 1 aliphatic carbocycles. The molecule has 0 saturated heterocycles. The van der Waals surface area contributed by atoms with E-state index in [4.69, 9.17) is 11.5 Å². The summed E-state index contributed by atoms with van der Waals surface area (Å²) >= 11 is 0.